The van der Waals surface area contributed by atoms with Gasteiger partial charge in [0.2, 0.25) is 0 Å². The Balaban J connectivity index is 0.934. The summed E-state index contributed by atoms with van der Waals surface area (Å²) in [6.07, 6.45) is 0.927. The third kappa shape index (κ3) is 4.81. The first-order valence-electron chi connectivity index (χ1n) is 19.2. The molecule has 0 radical (unpaired) electrons. The molecule has 0 unspecified atom stereocenters. The van der Waals surface area contributed by atoms with Gasteiger partial charge in [-0.1, -0.05) is 121 Å². The smallest absolute Gasteiger partial charge is 0.135 e. The monoisotopic (exact) mass is 731 g/mol. The van der Waals surface area contributed by atoms with Gasteiger partial charge in [0.25, 0.3) is 0 Å². The Kier molecular flexibility index (Phi) is 6.89. The molecular weight excluding hydrogens is 699 g/mol. The molecule has 12 rings (SSSR count). The summed E-state index contributed by atoms with van der Waals surface area (Å²) in [6.45, 7) is 0. The summed E-state index contributed by atoms with van der Waals surface area (Å²) in [6, 6.07) is 68.6. The van der Waals surface area contributed by atoms with Crippen LogP contribution in [0.3, 0.4) is 0 Å². The molecule has 0 aliphatic heterocycles. The van der Waals surface area contributed by atoms with Gasteiger partial charge in [0, 0.05) is 48.0 Å². The van der Waals surface area contributed by atoms with Crippen molar-refractivity contribution in [1.29, 1.82) is 0 Å². The SMILES string of the molecule is c1ccc(N(c2ccc(-c3ccc4c(c3)Cc3c-4cc(-c4cccc5sc6ccccc6c45)c4ccccc34)cc2)c2ccc3oc4ccccc4c3c2)cc1. The zero-order chi connectivity index (χ0) is 36.7. The van der Waals surface area contributed by atoms with Gasteiger partial charge in [-0.15, -0.1) is 11.3 Å². The molecule has 3 heteroatoms. The van der Waals surface area contributed by atoms with Crippen molar-refractivity contribution in [1.82, 2.24) is 0 Å². The predicted molar refractivity (Wildman–Crippen MR) is 238 cm³/mol. The number of fused-ring (bicyclic) bond motifs is 11. The summed E-state index contributed by atoms with van der Waals surface area (Å²) in [5, 5.41) is 7.61. The number of rotatable bonds is 5. The van der Waals surface area contributed by atoms with Crippen molar-refractivity contribution >= 4 is 81.3 Å². The van der Waals surface area contributed by atoms with Crippen molar-refractivity contribution in [3.8, 4) is 33.4 Å². The van der Waals surface area contributed by atoms with Crippen LogP contribution in [-0.4, -0.2) is 0 Å². The van der Waals surface area contributed by atoms with Crippen LogP contribution in [0, 0.1) is 0 Å². The molecule has 0 atom stereocenters. The minimum atomic E-state index is 0.898. The zero-order valence-corrected chi connectivity index (χ0v) is 31.2. The van der Waals surface area contributed by atoms with Gasteiger partial charge in [-0.25, -0.2) is 0 Å². The number of para-hydroxylation sites is 2. The zero-order valence-electron chi connectivity index (χ0n) is 30.4. The third-order valence-electron chi connectivity index (χ3n) is 11.7. The highest BCUT2D eigenvalue weighted by molar-refractivity contribution is 7.25. The highest BCUT2D eigenvalue weighted by atomic mass is 32.1. The first-order valence-corrected chi connectivity index (χ1v) is 20.0. The average Bonchev–Trinajstić information content (AvgIpc) is 3.95. The number of thiophene rings is 1. The van der Waals surface area contributed by atoms with E-state index in [0.717, 1.165) is 45.4 Å². The van der Waals surface area contributed by atoms with Crippen LogP contribution in [0.25, 0.3) is 86.3 Å². The van der Waals surface area contributed by atoms with E-state index in [0.29, 0.717) is 0 Å². The maximum Gasteiger partial charge on any atom is 0.135 e. The standard InChI is InChI=1S/C53H33NOS/c1-2-11-36(12-3-1)54(38-26-28-50-48(31-38)42-15-6-8-18-49(42)55-50)37-24-21-33(22-25-37)34-23-27-39-35(29-34)30-45-40-13-4-5-14-41(40)47(32-46(39)45)43-17-10-20-52-53(43)44-16-7-9-19-51(44)56-52/h1-29,31-32H,30H2. The number of furan rings is 1. The van der Waals surface area contributed by atoms with Crippen LogP contribution in [-0.2, 0) is 6.42 Å². The van der Waals surface area contributed by atoms with Gasteiger partial charge >= 0.3 is 0 Å². The Morgan fingerprint density at radius 3 is 1.95 bits per heavy atom. The second-order valence-corrected chi connectivity index (χ2v) is 15.9. The van der Waals surface area contributed by atoms with E-state index in [1.165, 1.54) is 75.5 Å². The maximum absolute atomic E-state index is 6.17. The van der Waals surface area contributed by atoms with Crippen molar-refractivity contribution in [2.45, 2.75) is 6.42 Å². The largest absolute Gasteiger partial charge is 0.456 e. The number of benzene rings is 9. The molecule has 0 bridgehead atoms. The van der Waals surface area contributed by atoms with E-state index in [2.05, 4.69) is 181 Å². The van der Waals surface area contributed by atoms with Crippen molar-refractivity contribution in [2.75, 3.05) is 4.90 Å². The molecule has 0 spiro atoms. The molecule has 1 aliphatic rings. The lowest BCUT2D eigenvalue weighted by atomic mass is 9.89. The molecule has 56 heavy (non-hydrogen) atoms. The highest BCUT2D eigenvalue weighted by Crippen LogP contribution is 2.48. The van der Waals surface area contributed by atoms with Gasteiger partial charge in [-0.05, 0) is 128 Å². The molecule has 0 N–H and O–H groups in total. The van der Waals surface area contributed by atoms with Crippen LogP contribution < -0.4 is 4.90 Å². The Morgan fingerprint density at radius 1 is 0.393 bits per heavy atom. The van der Waals surface area contributed by atoms with Crippen molar-refractivity contribution in [3.05, 3.63) is 199 Å². The van der Waals surface area contributed by atoms with E-state index in [1.807, 2.05) is 23.5 Å². The lowest BCUT2D eigenvalue weighted by Gasteiger charge is -2.25. The number of hydrogen-bond donors (Lipinski definition) is 0. The summed E-state index contributed by atoms with van der Waals surface area (Å²) in [4.78, 5) is 2.33. The maximum atomic E-state index is 6.17. The summed E-state index contributed by atoms with van der Waals surface area (Å²) in [5.41, 5.74) is 15.7. The van der Waals surface area contributed by atoms with Crippen LogP contribution in [0.2, 0.25) is 0 Å². The Hall–Kier alpha value is -6.94. The molecule has 0 amide bonds. The molecule has 2 heterocycles. The van der Waals surface area contributed by atoms with Gasteiger partial charge in [0.1, 0.15) is 11.2 Å². The molecule has 1 aliphatic carbocycles. The van der Waals surface area contributed by atoms with E-state index in [-0.39, 0.29) is 0 Å². The van der Waals surface area contributed by atoms with Gasteiger partial charge in [0.05, 0.1) is 0 Å². The number of hydrogen-bond acceptors (Lipinski definition) is 3. The molecule has 11 aromatic rings. The fraction of sp³-hybridized carbons (Fsp3) is 0.0189. The fourth-order valence-corrected chi connectivity index (χ4v) is 10.3. The normalized spacial score (nSPS) is 12.2. The molecular formula is C53H33NOS. The topological polar surface area (TPSA) is 16.4 Å². The van der Waals surface area contributed by atoms with E-state index in [9.17, 15) is 0 Å². The minimum Gasteiger partial charge on any atom is -0.456 e. The van der Waals surface area contributed by atoms with Crippen LogP contribution in [0.4, 0.5) is 17.1 Å². The van der Waals surface area contributed by atoms with Gasteiger partial charge in [-0.3, -0.25) is 0 Å². The number of nitrogens with zero attached hydrogens (tertiary/aromatic N) is 1. The van der Waals surface area contributed by atoms with Crippen LogP contribution in [0.15, 0.2) is 192 Å². The Bertz CT molecular complexity index is 3340. The van der Waals surface area contributed by atoms with Crippen LogP contribution in [0.5, 0.6) is 0 Å². The van der Waals surface area contributed by atoms with Crippen LogP contribution >= 0.6 is 11.3 Å². The van der Waals surface area contributed by atoms with Gasteiger partial charge in [-0.2, -0.15) is 0 Å². The molecule has 262 valence electrons. The molecule has 9 aromatic carbocycles. The van der Waals surface area contributed by atoms with Crippen molar-refractivity contribution in [3.63, 3.8) is 0 Å². The lowest BCUT2D eigenvalue weighted by Crippen LogP contribution is -2.09. The van der Waals surface area contributed by atoms with Crippen molar-refractivity contribution in [2.24, 2.45) is 0 Å². The second-order valence-electron chi connectivity index (χ2n) is 14.8. The molecule has 2 nitrogen and oxygen atoms in total. The Morgan fingerprint density at radius 2 is 1.07 bits per heavy atom. The first-order chi connectivity index (χ1) is 27.7. The first kappa shape index (κ1) is 31.4. The minimum absolute atomic E-state index is 0.898. The average molecular weight is 732 g/mol. The molecule has 2 aromatic heterocycles. The summed E-state index contributed by atoms with van der Waals surface area (Å²) < 4.78 is 8.84. The van der Waals surface area contributed by atoms with Crippen LogP contribution in [0.1, 0.15) is 11.1 Å². The van der Waals surface area contributed by atoms with E-state index >= 15 is 0 Å². The van der Waals surface area contributed by atoms with E-state index in [1.54, 1.807) is 0 Å². The fourth-order valence-electron chi connectivity index (χ4n) is 9.14. The van der Waals surface area contributed by atoms with E-state index < -0.39 is 0 Å². The molecule has 0 saturated carbocycles. The summed E-state index contributed by atoms with van der Waals surface area (Å²) in [7, 11) is 0. The summed E-state index contributed by atoms with van der Waals surface area (Å²) in [5.74, 6) is 0. The lowest BCUT2D eigenvalue weighted by molar-refractivity contribution is 0.669. The van der Waals surface area contributed by atoms with Gasteiger partial charge in [0.15, 0.2) is 0 Å². The predicted octanol–water partition coefficient (Wildman–Crippen LogP) is 15.5. The number of anilines is 3. The second kappa shape index (κ2) is 12.3. The quantitative estimate of drug-likeness (QED) is 0.175. The van der Waals surface area contributed by atoms with E-state index in [4.69, 9.17) is 4.42 Å². The third-order valence-corrected chi connectivity index (χ3v) is 12.8. The van der Waals surface area contributed by atoms with Gasteiger partial charge < -0.3 is 9.32 Å². The summed E-state index contributed by atoms with van der Waals surface area (Å²) >= 11 is 1.88. The Labute approximate surface area is 328 Å². The van der Waals surface area contributed by atoms with Crippen molar-refractivity contribution < 1.29 is 4.42 Å². The molecule has 0 fully saturated rings. The molecule has 0 saturated heterocycles. The highest BCUT2D eigenvalue weighted by Gasteiger charge is 2.25.